The number of benzene rings is 1. The summed E-state index contributed by atoms with van der Waals surface area (Å²) in [5.41, 5.74) is 2.28. The number of ether oxygens (including phenoxy) is 2. The molecule has 1 heterocycles. The van der Waals surface area contributed by atoms with Gasteiger partial charge >= 0.3 is 0 Å². The minimum absolute atomic E-state index is 0.601. The fourth-order valence-electron chi connectivity index (χ4n) is 2.12. The molecule has 5 nitrogen and oxygen atoms in total. The molecular weight excluding hydrogens is 266 g/mol. The summed E-state index contributed by atoms with van der Waals surface area (Å²) in [6.07, 6.45) is 2.04. The molecule has 0 aliphatic heterocycles. The summed E-state index contributed by atoms with van der Waals surface area (Å²) in [6, 6.07) is 7.74. The van der Waals surface area contributed by atoms with Crippen molar-refractivity contribution in [3.63, 3.8) is 0 Å². The Morgan fingerprint density at radius 1 is 1.19 bits per heavy atom. The molecule has 2 rings (SSSR count). The fraction of sp³-hybridized carbons (Fsp3) is 0.438. The van der Waals surface area contributed by atoms with E-state index in [1.54, 1.807) is 0 Å². The van der Waals surface area contributed by atoms with Crippen LogP contribution in [-0.2, 0) is 13.6 Å². The van der Waals surface area contributed by atoms with Crippen LogP contribution in [0.5, 0.6) is 11.5 Å². The predicted molar refractivity (Wildman–Crippen MR) is 82.8 cm³/mol. The number of para-hydroxylation sites is 2. The minimum atomic E-state index is 0.601. The summed E-state index contributed by atoms with van der Waals surface area (Å²) in [7, 11) is 1.93. The van der Waals surface area contributed by atoms with Gasteiger partial charge in [0.15, 0.2) is 11.5 Å². The van der Waals surface area contributed by atoms with Crippen LogP contribution in [0.3, 0.4) is 0 Å². The first-order valence-electron chi connectivity index (χ1n) is 7.25. The van der Waals surface area contributed by atoms with Crippen molar-refractivity contribution in [1.82, 2.24) is 15.1 Å². The Morgan fingerprint density at radius 3 is 2.52 bits per heavy atom. The maximum absolute atomic E-state index is 5.75. The minimum Gasteiger partial charge on any atom is -0.490 e. The van der Waals surface area contributed by atoms with Gasteiger partial charge in [-0.2, -0.15) is 5.10 Å². The molecule has 1 aromatic carbocycles. The van der Waals surface area contributed by atoms with E-state index in [0.717, 1.165) is 30.3 Å². The van der Waals surface area contributed by atoms with Gasteiger partial charge < -0.3 is 14.8 Å². The van der Waals surface area contributed by atoms with E-state index in [1.807, 2.05) is 56.0 Å². The molecule has 5 heteroatoms. The molecule has 0 radical (unpaired) electrons. The molecule has 1 aromatic heterocycles. The smallest absolute Gasteiger partial charge is 0.161 e. The van der Waals surface area contributed by atoms with Gasteiger partial charge in [0.05, 0.1) is 12.3 Å². The molecule has 0 atom stereocenters. The lowest BCUT2D eigenvalue weighted by atomic mass is 10.2. The normalized spacial score (nSPS) is 10.6. The van der Waals surface area contributed by atoms with E-state index in [1.165, 1.54) is 5.56 Å². The summed E-state index contributed by atoms with van der Waals surface area (Å²) >= 11 is 0. The molecule has 2 aromatic rings. The molecule has 0 fully saturated rings. The second kappa shape index (κ2) is 7.69. The second-order valence-corrected chi connectivity index (χ2v) is 4.82. The van der Waals surface area contributed by atoms with Crippen LogP contribution in [0.25, 0.3) is 0 Å². The van der Waals surface area contributed by atoms with E-state index in [9.17, 15) is 0 Å². The van der Waals surface area contributed by atoms with Gasteiger partial charge in [0.2, 0.25) is 0 Å². The van der Waals surface area contributed by atoms with Crippen molar-refractivity contribution in [2.24, 2.45) is 7.05 Å². The largest absolute Gasteiger partial charge is 0.490 e. The van der Waals surface area contributed by atoms with E-state index >= 15 is 0 Å². The number of aromatic nitrogens is 2. The van der Waals surface area contributed by atoms with Crippen LogP contribution in [0.4, 0.5) is 0 Å². The van der Waals surface area contributed by atoms with Crippen LogP contribution in [-0.4, -0.2) is 29.5 Å². The zero-order valence-electron chi connectivity index (χ0n) is 12.9. The van der Waals surface area contributed by atoms with Gasteiger partial charge in [-0.05, 0) is 26.0 Å². The summed E-state index contributed by atoms with van der Waals surface area (Å²) in [5, 5.41) is 7.68. The Morgan fingerprint density at radius 2 is 1.90 bits per heavy atom. The molecule has 0 saturated carbocycles. The third-order valence-corrected chi connectivity index (χ3v) is 3.12. The molecule has 0 amide bonds. The van der Waals surface area contributed by atoms with Crippen molar-refractivity contribution in [2.45, 2.75) is 20.4 Å². The maximum Gasteiger partial charge on any atom is 0.161 e. The van der Waals surface area contributed by atoms with E-state index < -0.39 is 0 Å². The molecule has 0 aliphatic rings. The lowest BCUT2D eigenvalue weighted by Gasteiger charge is -2.11. The molecule has 0 saturated heterocycles. The number of hydrogen-bond acceptors (Lipinski definition) is 4. The summed E-state index contributed by atoms with van der Waals surface area (Å²) < 4.78 is 13.1. The van der Waals surface area contributed by atoms with Gasteiger partial charge in [-0.25, -0.2) is 0 Å². The molecule has 0 unspecified atom stereocenters. The lowest BCUT2D eigenvalue weighted by Crippen LogP contribution is -2.20. The molecule has 0 aliphatic carbocycles. The Hall–Kier alpha value is -2.01. The number of nitrogens with zero attached hydrogens (tertiary/aromatic N) is 2. The number of aryl methyl sites for hydroxylation is 2. The first-order valence-corrected chi connectivity index (χ1v) is 7.25. The molecule has 0 bridgehead atoms. The molecule has 1 N–H and O–H groups in total. The van der Waals surface area contributed by atoms with Gasteiger partial charge in [-0.1, -0.05) is 12.1 Å². The summed E-state index contributed by atoms with van der Waals surface area (Å²) in [4.78, 5) is 0. The number of nitrogens with one attached hydrogen (secondary N) is 1. The maximum atomic E-state index is 5.75. The number of rotatable bonds is 8. The Bertz CT molecular complexity index is 566. The monoisotopic (exact) mass is 289 g/mol. The first-order chi connectivity index (χ1) is 10.2. The van der Waals surface area contributed by atoms with Crippen LogP contribution in [0.1, 0.15) is 18.2 Å². The third-order valence-electron chi connectivity index (χ3n) is 3.12. The Labute approximate surface area is 125 Å². The van der Waals surface area contributed by atoms with Crippen LogP contribution in [0, 0.1) is 6.92 Å². The average molecular weight is 289 g/mol. The highest BCUT2D eigenvalue weighted by Gasteiger charge is 2.04. The van der Waals surface area contributed by atoms with E-state index in [-0.39, 0.29) is 0 Å². The summed E-state index contributed by atoms with van der Waals surface area (Å²) in [6.45, 7) is 6.80. The van der Waals surface area contributed by atoms with Crippen LogP contribution < -0.4 is 14.8 Å². The van der Waals surface area contributed by atoms with Gasteiger partial charge in [-0.3, -0.25) is 4.68 Å². The zero-order valence-corrected chi connectivity index (χ0v) is 12.9. The first kappa shape index (κ1) is 15.4. The lowest BCUT2D eigenvalue weighted by molar-refractivity contribution is 0.275. The van der Waals surface area contributed by atoms with E-state index in [2.05, 4.69) is 10.4 Å². The zero-order chi connectivity index (χ0) is 15.1. The highest BCUT2D eigenvalue weighted by Crippen LogP contribution is 2.25. The number of hydrogen-bond donors (Lipinski definition) is 1. The van der Waals surface area contributed by atoms with Crippen LogP contribution in [0.2, 0.25) is 0 Å². The fourth-order valence-corrected chi connectivity index (χ4v) is 2.12. The highest BCUT2D eigenvalue weighted by molar-refractivity contribution is 5.39. The van der Waals surface area contributed by atoms with Gasteiger partial charge in [-0.15, -0.1) is 0 Å². The quantitative estimate of drug-likeness (QED) is 0.758. The summed E-state index contributed by atoms with van der Waals surface area (Å²) in [5.74, 6) is 1.59. The predicted octanol–water partition coefficient (Wildman–Crippen LogP) is 2.30. The third kappa shape index (κ3) is 4.49. The van der Waals surface area contributed by atoms with E-state index in [4.69, 9.17) is 9.47 Å². The SMILES string of the molecule is CCOc1ccccc1OCCNCc1cn(C)nc1C. The van der Waals surface area contributed by atoms with Crippen molar-refractivity contribution >= 4 is 0 Å². The van der Waals surface area contributed by atoms with Crippen LogP contribution >= 0.6 is 0 Å². The van der Waals surface area contributed by atoms with Crippen molar-refractivity contribution in [1.29, 1.82) is 0 Å². The highest BCUT2D eigenvalue weighted by atomic mass is 16.5. The standard InChI is InChI=1S/C16H23N3O2/c1-4-20-15-7-5-6-8-16(15)21-10-9-17-11-14-12-19(3)18-13(14)2/h5-8,12,17H,4,9-11H2,1-3H3. The Balaban J connectivity index is 1.74. The molecule has 21 heavy (non-hydrogen) atoms. The molecular formula is C16H23N3O2. The van der Waals surface area contributed by atoms with Crippen molar-refractivity contribution in [2.75, 3.05) is 19.8 Å². The average Bonchev–Trinajstić information content (AvgIpc) is 2.79. The van der Waals surface area contributed by atoms with Crippen molar-refractivity contribution in [3.05, 3.63) is 41.7 Å². The second-order valence-electron chi connectivity index (χ2n) is 4.82. The van der Waals surface area contributed by atoms with Crippen LogP contribution in [0.15, 0.2) is 30.5 Å². The molecule has 114 valence electrons. The van der Waals surface area contributed by atoms with Gasteiger partial charge in [0.25, 0.3) is 0 Å². The topological polar surface area (TPSA) is 48.3 Å². The van der Waals surface area contributed by atoms with Gasteiger partial charge in [0.1, 0.15) is 6.61 Å². The molecule has 0 spiro atoms. The Kier molecular flexibility index (Phi) is 5.63. The van der Waals surface area contributed by atoms with E-state index in [0.29, 0.717) is 13.2 Å². The van der Waals surface area contributed by atoms with Crippen molar-refractivity contribution < 1.29 is 9.47 Å². The van der Waals surface area contributed by atoms with Gasteiger partial charge in [0, 0.05) is 31.9 Å². The van der Waals surface area contributed by atoms with Crippen molar-refractivity contribution in [3.8, 4) is 11.5 Å².